The zero-order valence-corrected chi connectivity index (χ0v) is 11.6. The first-order valence-electron chi connectivity index (χ1n) is 6.79. The van der Waals surface area contributed by atoms with E-state index in [4.69, 9.17) is 0 Å². The van der Waals surface area contributed by atoms with E-state index >= 15 is 0 Å². The van der Waals surface area contributed by atoms with Crippen LogP contribution in [0.1, 0.15) is 27.2 Å². The second kappa shape index (κ2) is 4.36. The molecule has 2 aromatic heterocycles. The maximum atomic E-state index is 4.51. The van der Waals surface area contributed by atoms with Crippen molar-refractivity contribution in [3.63, 3.8) is 0 Å². The molecule has 3 rings (SSSR count). The third kappa shape index (κ3) is 2.34. The molecule has 1 fully saturated rings. The van der Waals surface area contributed by atoms with Crippen molar-refractivity contribution in [2.75, 3.05) is 23.7 Å². The van der Waals surface area contributed by atoms with Crippen molar-refractivity contribution in [1.82, 2.24) is 19.9 Å². The number of aromatic nitrogens is 4. The van der Waals surface area contributed by atoms with Crippen LogP contribution < -0.4 is 10.6 Å². The van der Waals surface area contributed by atoms with Crippen molar-refractivity contribution in [3.8, 4) is 0 Å². The van der Waals surface area contributed by atoms with Gasteiger partial charge in [-0.05, 0) is 24.7 Å². The Kier molecular flexibility index (Phi) is 2.80. The highest BCUT2D eigenvalue weighted by Gasteiger charge is 2.45. The molecule has 0 amide bonds. The molecule has 2 heterocycles. The molecule has 19 heavy (non-hydrogen) atoms. The summed E-state index contributed by atoms with van der Waals surface area (Å²) in [7, 11) is 0. The van der Waals surface area contributed by atoms with E-state index in [1.165, 1.54) is 6.42 Å². The Morgan fingerprint density at radius 3 is 2.84 bits per heavy atom. The molecule has 1 atom stereocenters. The highest BCUT2D eigenvalue weighted by molar-refractivity contribution is 5.83. The normalized spacial score (nSPS) is 20.5. The Morgan fingerprint density at radius 1 is 1.37 bits per heavy atom. The fourth-order valence-corrected chi connectivity index (χ4v) is 2.34. The van der Waals surface area contributed by atoms with Crippen molar-refractivity contribution < 1.29 is 0 Å². The number of imidazole rings is 1. The molecule has 1 aliphatic rings. The molecule has 1 aliphatic carbocycles. The minimum absolute atomic E-state index is 0.470. The molecule has 3 N–H and O–H groups in total. The van der Waals surface area contributed by atoms with E-state index < -0.39 is 0 Å². The monoisotopic (exact) mass is 260 g/mol. The largest absolute Gasteiger partial charge is 0.368 e. The van der Waals surface area contributed by atoms with Crippen LogP contribution in [0.2, 0.25) is 0 Å². The fraction of sp³-hybridized carbons (Fsp3) is 0.615. The van der Waals surface area contributed by atoms with Gasteiger partial charge in [0.2, 0.25) is 5.95 Å². The number of nitrogens with zero attached hydrogens (tertiary/aromatic N) is 3. The average molecular weight is 260 g/mol. The zero-order valence-electron chi connectivity index (χ0n) is 11.6. The first-order chi connectivity index (χ1) is 9.10. The lowest BCUT2D eigenvalue weighted by Gasteiger charge is -2.09. The van der Waals surface area contributed by atoms with Gasteiger partial charge in [-0.1, -0.05) is 13.8 Å². The Morgan fingerprint density at radius 2 is 2.16 bits per heavy atom. The van der Waals surface area contributed by atoms with Crippen molar-refractivity contribution in [2.45, 2.75) is 27.2 Å². The fourth-order valence-electron chi connectivity index (χ4n) is 2.34. The molecule has 0 aromatic carbocycles. The molecule has 1 saturated carbocycles. The molecule has 1 unspecified atom stereocenters. The molecule has 0 spiro atoms. The lowest BCUT2D eigenvalue weighted by molar-refractivity contribution is 0.573. The van der Waals surface area contributed by atoms with Gasteiger partial charge in [0.1, 0.15) is 5.52 Å². The lowest BCUT2D eigenvalue weighted by atomic mass is 10.1. The average Bonchev–Trinajstić information content (AvgIpc) is 2.75. The van der Waals surface area contributed by atoms with Crippen LogP contribution in [0.5, 0.6) is 0 Å². The molecule has 6 heteroatoms. The van der Waals surface area contributed by atoms with E-state index in [9.17, 15) is 0 Å². The smallest absolute Gasteiger partial charge is 0.226 e. The molecular formula is C13H20N6. The summed E-state index contributed by atoms with van der Waals surface area (Å²) in [6, 6.07) is 0. The minimum Gasteiger partial charge on any atom is -0.368 e. The van der Waals surface area contributed by atoms with E-state index in [0.717, 1.165) is 30.3 Å². The molecule has 0 saturated heterocycles. The Hall–Kier alpha value is -1.85. The van der Waals surface area contributed by atoms with Gasteiger partial charge in [-0.25, -0.2) is 4.98 Å². The van der Waals surface area contributed by atoms with Crippen molar-refractivity contribution in [2.24, 2.45) is 11.3 Å². The first kappa shape index (κ1) is 12.2. The van der Waals surface area contributed by atoms with Crippen LogP contribution in [0, 0.1) is 11.3 Å². The molecule has 0 radical (unpaired) electrons. The van der Waals surface area contributed by atoms with Crippen molar-refractivity contribution in [3.05, 3.63) is 6.33 Å². The highest BCUT2D eigenvalue weighted by Crippen LogP contribution is 2.51. The van der Waals surface area contributed by atoms with Gasteiger partial charge in [0.25, 0.3) is 0 Å². The first-order valence-corrected chi connectivity index (χ1v) is 6.79. The third-order valence-electron chi connectivity index (χ3n) is 3.85. The van der Waals surface area contributed by atoms with Gasteiger partial charge in [-0.3, -0.25) is 0 Å². The third-order valence-corrected chi connectivity index (χ3v) is 3.85. The van der Waals surface area contributed by atoms with Crippen molar-refractivity contribution in [1.29, 1.82) is 0 Å². The number of fused-ring (bicyclic) bond motifs is 1. The van der Waals surface area contributed by atoms with Gasteiger partial charge in [0.05, 0.1) is 6.33 Å². The summed E-state index contributed by atoms with van der Waals surface area (Å²) >= 11 is 0. The number of anilines is 2. The zero-order chi connectivity index (χ0) is 13.5. The van der Waals surface area contributed by atoms with Gasteiger partial charge in [0, 0.05) is 13.1 Å². The number of aromatic amines is 1. The van der Waals surface area contributed by atoms with Crippen LogP contribution in [0.25, 0.3) is 11.2 Å². The second-order valence-corrected chi connectivity index (χ2v) is 5.80. The number of H-pyrrole nitrogens is 1. The molecular weight excluding hydrogens is 240 g/mol. The number of hydrogen-bond donors (Lipinski definition) is 3. The molecule has 102 valence electrons. The number of nitrogens with one attached hydrogen (secondary N) is 3. The van der Waals surface area contributed by atoms with E-state index in [1.807, 2.05) is 6.92 Å². The van der Waals surface area contributed by atoms with Crippen LogP contribution in [-0.4, -0.2) is 33.0 Å². The van der Waals surface area contributed by atoms with Gasteiger partial charge in [0.15, 0.2) is 11.5 Å². The van der Waals surface area contributed by atoms with E-state index in [0.29, 0.717) is 17.0 Å². The van der Waals surface area contributed by atoms with Crippen LogP contribution in [0.15, 0.2) is 6.33 Å². The molecule has 0 aliphatic heterocycles. The second-order valence-electron chi connectivity index (χ2n) is 5.80. The Labute approximate surface area is 112 Å². The molecule has 6 nitrogen and oxygen atoms in total. The topological polar surface area (TPSA) is 78.5 Å². The SMILES string of the molecule is CCNc1nc(NCC2CC2(C)C)c2[nH]cnc2n1. The molecule has 0 bridgehead atoms. The maximum Gasteiger partial charge on any atom is 0.226 e. The quantitative estimate of drug-likeness (QED) is 0.768. The lowest BCUT2D eigenvalue weighted by Crippen LogP contribution is -2.11. The van der Waals surface area contributed by atoms with Gasteiger partial charge >= 0.3 is 0 Å². The number of rotatable bonds is 5. The Bertz CT molecular complexity index is 588. The van der Waals surface area contributed by atoms with E-state index in [2.05, 4.69) is 44.4 Å². The maximum absolute atomic E-state index is 4.51. The van der Waals surface area contributed by atoms with Gasteiger partial charge in [-0.15, -0.1) is 0 Å². The van der Waals surface area contributed by atoms with E-state index in [1.54, 1.807) is 6.33 Å². The minimum atomic E-state index is 0.470. The summed E-state index contributed by atoms with van der Waals surface area (Å²) in [6.07, 6.45) is 2.93. The van der Waals surface area contributed by atoms with Crippen LogP contribution in [0.4, 0.5) is 11.8 Å². The Balaban J connectivity index is 1.82. The van der Waals surface area contributed by atoms with Gasteiger partial charge < -0.3 is 15.6 Å². The summed E-state index contributed by atoms with van der Waals surface area (Å²) in [4.78, 5) is 16.2. The summed E-state index contributed by atoms with van der Waals surface area (Å²) in [6.45, 7) is 8.37. The summed E-state index contributed by atoms with van der Waals surface area (Å²) in [5, 5.41) is 6.56. The predicted octanol–water partition coefficient (Wildman–Crippen LogP) is 2.24. The summed E-state index contributed by atoms with van der Waals surface area (Å²) in [5.74, 6) is 2.18. The van der Waals surface area contributed by atoms with Crippen LogP contribution in [0.3, 0.4) is 0 Å². The summed E-state index contributed by atoms with van der Waals surface area (Å²) in [5.41, 5.74) is 2.04. The summed E-state index contributed by atoms with van der Waals surface area (Å²) < 4.78 is 0. The van der Waals surface area contributed by atoms with E-state index in [-0.39, 0.29) is 0 Å². The standard InChI is InChI=1S/C13H20N6/c1-4-14-12-18-10(9-11(19-12)17-7-16-9)15-6-8-5-13(8,2)3/h7-8H,4-6H2,1-3H3,(H3,14,15,16,17,18,19). The predicted molar refractivity (Wildman–Crippen MR) is 76.2 cm³/mol. The van der Waals surface area contributed by atoms with Crippen LogP contribution in [-0.2, 0) is 0 Å². The highest BCUT2D eigenvalue weighted by atomic mass is 15.2. The number of hydrogen-bond acceptors (Lipinski definition) is 5. The van der Waals surface area contributed by atoms with Gasteiger partial charge in [-0.2, -0.15) is 9.97 Å². The van der Waals surface area contributed by atoms with Crippen molar-refractivity contribution >= 4 is 22.9 Å². The molecule has 2 aromatic rings. The van der Waals surface area contributed by atoms with Crippen LogP contribution >= 0.6 is 0 Å².